The molecule has 1 aromatic heterocycles. The number of benzene rings is 3. The number of fused-ring (bicyclic) bond motifs is 1. The molecule has 1 fully saturated rings. The molecule has 0 spiro atoms. The van der Waals surface area contributed by atoms with Gasteiger partial charge in [-0.05, 0) is 86.2 Å². The van der Waals surface area contributed by atoms with Crippen molar-refractivity contribution in [3.8, 4) is 11.3 Å². The molecule has 218 valence electrons. The maximum atomic E-state index is 14.5. The zero-order valence-corrected chi connectivity index (χ0v) is 23.4. The van der Waals surface area contributed by atoms with E-state index in [9.17, 15) is 18.0 Å². The number of hydrogen-bond donors (Lipinski definition) is 1. The number of carbonyl (C=O) groups excluding carboxylic acids is 1. The maximum absolute atomic E-state index is 14.5. The van der Waals surface area contributed by atoms with Gasteiger partial charge in [0.15, 0.2) is 5.78 Å². The first-order valence-corrected chi connectivity index (χ1v) is 14.6. The Labute approximate surface area is 243 Å². The average Bonchev–Trinajstić information content (AvgIpc) is 3.43. The summed E-state index contributed by atoms with van der Waals surface area (Å²) in [6, 6.07) is 19.6. The number of halogens is 3. The average molecular weight is 574 g/mol. The van der Waals surface area contributed by atoms with Gasteiger partial charge in [-0.3, -0.25) is 9.69 Å². The quantitative estimate of drug-likeness (QED) is 0.251. The zero-order chi connectivity index (χ0) is 29.1. The summed E-state index contributed by atoms with van der Waals surface area (Å²) in [5, 5.41) is 7.64. The standard InChI is InChI=1S/C34H34F3N3O2/c35-26-12-7-23(8-13-26)20-34(21-24-9-14-27(36)15-10-24)22-38-17-19-40(34)18-3-4-25-11-16-30-31(33(25)41)32(39-42-30)28-5-1-2-6-29(28)37/h1-2,5-10,12-15,25,38H,3-4,11,16-22H2. The normalized spacial score (nSPS) is 18.6. The highest BCUT2D eigenvalue weighted by Gasteiger charge is 2.40. The molecule has 5 nitrogen and oxygen atoms in total. The van der Waals surface area contributed by atoms with Crippen molar-refractivity contribution in [2.75, 3.05) is 26.2 Å². The molecule has 1 aliphatic heterocycles. The second-order valence-corrected chi connectivity index (χ2v) is 11.5. The summed E-state index contributed by atoms with van der Waals surface area (Å²) in [7, 11) is 0. The van der Waals surface area contributed by atoms with Gasteiger partial charge in [-0.2, -0.15) is 0 Å². The van der Waals surface area contributed by atoms with Crippen molar-refractivity contribution in [3.05, 3.63) is 113 Å². The van der Waals surface area contributed by atoms with Crippen LogP contribution in [0.4, 0.5) is 13.2 Å². The number of hydrogen-bond acceptors (Lipinski definition) is 5. The highest BCUT2D eigenvalue weighted by Crippen LogP contribution is 2.36. The summed E-state index contributed by atoms with van der Waals surface area (Å²) >= 11 is 0. The van der Waals surface area contributed by atoms with Gasteiger partial charge in [-0.25, -0.2) is 13.2 Å². The highest BCUT2D eigenvalue weighted by molar-refractivity contribution is 6.04. The lowest BCUT2D eigenvalue weighted by Gasteiger charge is -2.48. The first-order chi connectivity index (χ1) is 20.4. The summed E-state index contributed by atoms with van der Waals surface area (Å²) in [4.78, 5) is 16.1. The molecule has 2 heterocycles. The number of aryl methyl sites for hydroxylation is 1. The van der Waals surface area contributed by atoms with Crippen LogP contribution in [0, 0.1) is 23.4 Å². The Morgan fingerprint density at radius 2 is 1.60 bits per heavy atom. The third-order valence-corrected chi connectivity index (χ3v) is 8.79. The lowest BCUT2D eigenvalue weighted by atomic mass is 9.80. The number of rotatable bonds is 9. The summed E-state index contributed by atoms with van der Waals surface area (Å²) in [6.45, 7) is 3.19. The first-order valence-electron chi connectivity index (χ1n) is 14.6. The minimum absolute atomic E-state index is 0.0278. The summed E-state index contributed by atoms with van der Waals surface area (Å²) in [5.74, 6) is -0.642. The van der Waals surface area contributed by atoms with E-state index in [1.807, 2.05) is 24.3 Å². The van der Waals surface area contributed by atoms with Crippen LogP contribution in [0.15, 0.2) is 77.3 Å². The van der Waals surface area contributed by atoms with E-state index in [0.717, 1.165) is 43.7 Å². The molecule has 0 saturated carbocycles. The van der Waals surface area contributed by atoms with E-state index in [4.69, 9.17) is 4.52 Å². The minimum atomic E-state index is -0.430. The van der Waals surface area contributed by atoms with E-state index in [0.29, 0.717) is 43.4 Å². The van der Waals surface area contributed by atoms with Gasteiger partial charge in [0.25, 0.3) is 0 Å². The lowest BCUT2D eigenvalue weighted by Crippen LogP contribution is -2.63. The third-order valence-electron chi connectivity index (χ3n) is 8.79. The second-order valence-electron chi connectivity index (χ2n) is 11.5. The molecule has 6 rings (SSSR count). The number of carbonyl (C=O) groups is 1. The molecule has 42 heavy (non-hydrogen) atoms. The van der Waals surface area contributed by atoms with Crippen molar-refractivity contribution in [2.45, 2.75) is 44.1 Å². The number of nitrogens with one attached hydrogen (secondary N) is 1. The fourth-order valence-corrected chi connectivity index (χ4v) is 6.64. The smallest absolute Gasteiger partial charge is 0.171 e. The lowest BCUT2D eigenvalue weighted by molar-refractivity contribution is 0.0554. The molecular formula is C34H34F3N3O2. The highest BCUT2D eigenvalue weighted by atomic mass is 19.1. The number of ketones is 1. The molecule has 1 saturated heterocycles. The van der Waals surface area contributed by atoms with Gasteiger partial charge in [0.05, 0.1) is 5.56 Å². The SMILES string of the molecule is O=C1c2c(-c3ccccc3F)noc2CCC1CCCN1CCNCC1(Cc1ccc(F)cc1)Cc1ccc(F)cc1. The number of nitrogens with zero attached hydrogens (tertiary/aromatic N) is 2. The van der Waals surface area contributed by atoms with Crippen LogP contribution in [-0.2, 0) is 19.3 Å². The van der Waals surface area contributed by atoms with E-state index < -0.39 is 5.82 Å². The fraction of sp³-hybridized carbons (Fsp3) is 0.353. The summed E-state index contributed by atoms with van der Waals surface area (Å²) in [6.07, 6.45) is 4.19. The van der Waals surface area contributed by atoms with Gasteiger partial charge in [-0.15, -0.1) is 0 Å². The van der Waals surface area contributed by atoms with Crippen molar-refractivity contribution in [1.82, 2.24) is 15.4 Å². The van der Waals surface area contributed by atoms with Crippen molar-refractivity contribution < 1.29 is 22.5 Å². The van der Waals surface area contributed by atoms with E-state index in [1.54, 1.807) is 18.2 Å². The number of piperazine rings is 1. The predicted molar refractivity (Wildman–Crippen MR) is 155 cm³/mol. The summed E-state index contributed by atoms with van der Waals surface area (Å²) < 4.78 is 47.4. The van der Waals surface area contributed by atoms with Crippen molar-refractivity contribution >= 4 is 5.78 Å². The Morgan fingerprint density at radius 1 is 0.929 bits per heavy atom. The molecule has 1 N–H and O–H groups in total. The van der Waals surface area contributed by atoms with Crippen LogP contribution in [0.5, 0.6) is 0 Å². The van der Waals surface area contributed by atoms with Crippen molar-refractivity contribution in [3.63, 3.8) is 0 Å². The predicted octanol–water partition coefficient (Wildman–Crippen LogP) is 6.41. The van der Waals surface area contributed by atoms with Crippen LogP contribution in [0.3, 0.4) is 0 Å². The Bertz CT molecular complexity index is 1490. The second kappa shape index (κ2) is 12.2. The summed E-state index contributed by atoms with van der Waals surface area (Å²) in [5.41, 5.74) is 2.76. The molecule has 2 aliphatic rings. The Hall–Kier alpha value is -3.75. The first kappa shape index (κ1) is 28.4. The maximum Gasteiger partial charge on any atom is 0.171 e. The van der Waals surface area contributed by atoms with Crippen LogP contribution in [0.25, 0.3) is 11.3 Å². The van der Waals surface area contributed by atoms with Crippen LogP contribution in [0.1, 0.15) is 46.5 Å². The molecule has 0 bridgehead atoms. The van der Waals surface area contributed by atoms with Crippen LogP contribution < -0.4 is 5.32 Å². The van der Waals surface area contributed by atoms with Gasteiger partial charge in [0.2, 0.25) is 0 Å². The van der Waals surface area contributed by atoms with E-state index >= 15 is 0 Å². The molecule has 4 aromatic rings. The van der Waals surface area contributed by atoms with Crippen molar-refractivity contribution in [2.24, 2.45) is 5.92 Å². The van der Waals surface area contributed by atoms with Gasteiger partial charge in [-0.1, -0.05) is 41.6 Å². The topological polar surface area (TPSA) is 58.4 Å². The molecular weight excluding hydrogens is 539 g/mol. The van der Waals surface area contributed by atoms with E-state index in [-0.39, 0.29) is 40.1 Å². The Kier molecular flexibility index (Phi) is 8.27. The van der Waals surface area contributed by atoms with Crippen LogP contribution in [-0.4, -0.2) is 47.6 Å². The Morgan fingerprint density at radius 3 is 2.26 bits per heavy atom. The molecule has 1 aliphatic carbocycles. The fourth-order valence-electron chi connectivity index (χ4n) is 6.64. The Balaban J connectivity index is 1.19. The molecule has 1 unspecified atom stereocenters. The van der Waals surface area contributed by atoms with Gasteiger partial charge in [0, 0.05) is 43.1 Å². The third kappa shape index (κ3) is 5.92. The van der Waals surface area contributed by atoms with Crippen LogP contribution >= 0.6 is 0 Å². The molecule has 1 atom stereocenters. The van der Waals surface area contributed by atoms with E-state index in [1.165, 1.54) is 30.3 Å². The largest absolute Gasteiger partial charge is 0.360 e. The number of Topliss-reactive ketones (excluding diaryl/α,β-unsaturated/α-hetero) is 1. The van der Waals surface area contributed by atoms with Gasteiger partial charge >= 0.3 is 0 Å². The molecule has 3 aromatic carbocycles. The monoisotopic (exact) mass is 573 g/mol. The van der Waals surface area contributed by atoms with Gasteiger partial charge < -0.3 is 9.84 Å². The molecule has 0 radical (unpaired) electrons. The molecule has 0 amide bonds. The van der Waals surface area contributed by atoms with Crippen LogP contribution in [0.2, 0.25) is 0 Å². The zero-order valence-electron chi connectivity index (χ0n) is 23.4. The molecule has 8 heteroatoms. The van der Waals surface area contributed by atoms with Crippen molar-refractivity contribution in [1.29, 1.82) is 0 Å². The minimum Gasteiger partial charge on any atom is -0.360 e. The number of aromatic nitrogens is 1. The van der Waals surface area contributed by atoms with E-state index in [2.05, 4.69) is 15.4 Å². The van der Waals surface area contributed by atoms with Gasteiger partial charge in [0.1, 0.15) is 28.9 Å².